The first-order valence-electron chi connectivity index (χ1n) is 23.7. The molecule has 348 valence electrons. The molecule has 0 saturated carbocycles. The summed E-state index contributed by atoms with van der Waals surface area (Å²) in [6, 6.07) is 0. The highest BCUT2D eigenvalue weighted by molar-refractivity contribution is 5.69. The molecule has 0 rings (SSSR count). The van der Waals surface area contributed by atoms with Gasteiger partial charge in [-0.15, -0.1) is 0 Å². The third kappa shape index (κ3) is 53.1. The Balaban J connectivity index is 3.08. The highest BCUT2D eigenvalue weighted by atomic mass is 16.6. The summed E-state index contributed by atoms with van der Waals surface area (Å²) >= 11 is 0. The molecule has 12 heteroatoms. The van der Waals surface area contributed by atoms with Gasteiger partial charge in [0.1, 0.15) is 6.61 Å². The van der Waals surface area contributed by atoms with Crippen molar-refractivity contribution in [2.45, 2.75) is 155 Å². The van der Waals surface area contributed by atoms with E-state index in [0.29, 0.717) is 132 Å². The fourth-order valence-corrected chi connectivity index (χ4v) is 5.99. The van der Waals surface area contributed by atoms with Crippen molar-refractivity contribution in [2.24, 2.45) is 0 Å². The number of carbonyl (C=O) groups is 1. The van der Waals surface area contributed by atoms with Crippen molar-refractivity contribution in [1.82, 2.24) is 0 Å². The average molecular weight is 837 g/mol. The summed E-state index contributed by atoms with van der Waals surface area (Å²) in [4.78, 5) is 11.6. The highest BCUT2D eigenvalue weighted by Crippen LogP contribution is 2.14. The van der Waals surface area contributed by atoms with Crippen LogP contribution in [-0.2, 0) is 56.9 Å². The lowest BCUT2D eigenvalue weighted by Gasteiger charge is -2.09. The summed E-state index contributed by atoms with van der Waals surface area (Å²) in [5, 5.41) is 0. The van der Waals surface area contributed by atoms with Crippen LogP contribution in [0.1, 0.15) is 155 Å². The van der Waals surface area contributed by atoms with Crippen LogP contribution in [0.2, 0.25) is 0 Å². The maximum atomic E-state index is 11.6. The third-order valence-corrected chi connectivity index (χ3v) is 9.47. The Bertz CT molecular complexity index is 747. The number of hydrogen-bond donors (Lipinski definition) is 0. The Labute approximate surface area is 356 Å². The lowest BCUT2D eigenvalue weighted by molar-refractivity contribution is -0.145. The third-order valence-electron chi connectivity index (χ3n) is 9.47. The van der Waals surface area contributed by atoms with Crippen LogP contribution in [0.5, 0.6) is 0 Å². The number of hydrogen-bond acceptors (Lipinski definition) is 12. The van der Waals surface area contributed by atoms with Gasteiger partial charge in [-0.25, -0.2) is 0 Å². The zero-order valence-corrected chi connectivity index (χ0v) is 37.8. The summed E-state index contributed by atoms with van der Waals surface area (Å²) in [5.74, 6) is -0.144. The van der Waals surface area contributed by atoms with Gasteiger partial charge in [-0.05, 0) is 12.8 Å². The molecule has 0 aliphatic heterocycles. The highest BCUT2D eigenvalue weighted by Gasteiger charge is 2.03. The molecule has 0 spiro atoms. The van der Waals surface area contributed by atoms with Crippen molar-refractivity contribution in [3.8, 4) is 0 Å². The summed E-state index contributed by atoms with van der Waals surface area (Å²) in [5.41, 5.74) is 0. The molecule has 0 fully saturated rings. The molecule has 0 aliphatic rings. The largest absolute Gasteiger partial charge is 0.463 e. The van der Waals surface area contributed by atoms with Crippen LogP contribution >= 0.6 is 0 Å². The Morgan fingerprint density at radius 2 is 0.448 bits per heavy atom. The summed E-state index contributed by atoms with van der Waals surface area (Å²) < 4.78 is 60.5. The predicted octanol–water partition coefficient (Wildman–Crippen LogP) is 9.32. The molecule has 0 aromatic heterocycles. The number of unbranched alkanes of at least 4 members (excludes halogenated alkanes) is 19. The van der Waals surface area contributed by atoms with Crippen molar-refractivity contribution in [3.05, 3.63) is 0 Å². The fourth-order valence-electron chi connectivity index (χ4n) is 5.99. The van der Waals surface area contributed by atoms with E-state index in [9.17, 15) is 4.79 Å². The molecular formula is C46H92O12. The van der Waals surface area contributed by atoms with Crippen molar-refractivity contribution < 1.29 is 56.9 Å². The minimum Gasteiger partial charge on any atom is -0.463 e. The fraction of sp³-hybridized carbons (Fsp3) is 0.978. The molecule has 0 aliphatic carbocycles. The van der Waals surface area contributed by atoms with Crippen LogP contribution in [-0.4, -0.2) is 145 Å². The molecule has 0 bridgehead atoms. The standard InChI is InChI=1S/C46H92O12/c1-3-5-7-9-10-11-12-13-14-15-16-17-18-19-21-23-25-48-26-27-49-28-29-50-30-31-51-32-33-52-34-35-53-36-37-54-38-39-55-40-41-56-42-43-57-44-45-58-46(47)24-22-20-8-6-4-2/h3-45H2,1-2H3. The topological polar surface area (TPSA) is 119 Å². The average Bonchev–Trinajstić information content (AvgIpc) is 3.23. The van der Waals surface area contributed by atoms with Crippen LogP contribution < -0.4 is 0 Å². The Kier molecular flexibility index (Phi) is 53.2. The molecule has 12 nitrogen and oxygen atoms in total. The van der Waals surface area contributed by atoms with Gasteiger partial charge in [0, 0.05) is 13.0 Å². The van der Waals surface area contributed by atoms with Gasteiger partial charge in [-0.2, -0.15) is 0 Å². The molecule has 0 unspecified atom stereocenters. The first-order chi connectivity index (χ1) is 28.8. The second-order valence-corrected chi connectivity index (χ2v) is 14.8. The quantitative estimate of drug-likeness (QED) is 0.0429. The monoisotopic (exact) mass is 837 g/mol. The molecule has 0 saturated heterocycles. The maximum absolute atomic E-state index is 11.6. The minimum absolute atomic E-state index is 0.144. The number of esters is 1. The smallest absolute Gasteiger partial charge is 0.305 e. The van der Waals surface area contributed by atoms with Gasteiger partial charge in [-0.1, -0.05) is 136 Å². The summed E-state index contributed by atoms with van der Waals surface area (Å²) in [6.07, 6.45) is 28.3. The molecule has 0 N–H and O–H groups in total. The van der Waals surface area contributed by atoms with Gasteiger partial charge in [0.05, 0.1) is 126 Å². The molecule has 0 atom stereocenters. The van der Waals surface area contributed by atoms with Crippen LogP contribution in [0.3, 0.4) is 0 Å². The maximum Gasteiger partial charge on any atom is 0.305 e. The predicted molar refractivity (Wildman–Crippen MR) is 232 cm³/mol. The Morgan fingerprint density at radius 1 is 0.241 bits per heavy atom. The van der Waals surface area contributed by atoms with Gasteiger partial charge < -0.3 is 52.1 Å². The van der Waals surface area contributed by atoms with E-state index in [2.05, 4.69) is 13.8 Å². The molecule has 0 radical (unpaired) electrons. The molecule has 58 heavy (non-hydrogen) atoms. The molecular weight excluding hydrogens is 744 g/mol. The molecule has 0 heterocycles. The van der Waals surface area contributed by atoms with E-state index < -0.39 is 0 Å². The zero-order chi connectivity index (χ0) is 41.8. The molecule has 0 aromatic rings. The first-order valence-corrected chi connectivity index (χ1v) is 23.7. The summed E-state index contributed by atoms with van der Waals surface area (Å²) in [7, 11) is 0. The van der Waals surface area contributed by atoms with E-state index in [1.165, 1.54) is 116 Å². The molecule has 0 aromatic carbocycles. The van der Waals surface area contributed by atoms with Gasteiger partial charge in [-0.3, -0.25) is 4.79 Å². The van der Waals surface area contributed by atoms with Gasteiger partial charge >= 0.3 is 5.97 Å². The first kappa shape index (κ1) is 57.1. The second-order valence-electron chi connectivity index (χ2n) is 14.8. The van der Waals surface area contributed by atoms with Crippen LogP contribution in [0, 0.1) is 0 Å². The van der Waals surface area contributed by atoms with Crippen molar-refractivity contribution >= 4 is 5.97 Å². The van der Waals surface area contributed by atoms with Gasteiger partial charge in [0.25, 0.3) is 0 Å². The lowest BCUT2D eigenvalue weighted by atomic mass is 10.0. The minimum atomic E-state index is -0.144. The zero-order valence-electron chi connectivity index (χ0n) is 37.8. The van der Waals surface area contributed by atoms with Crippen LogP contribution in [0.15, 0.2) is 0 Å². The number of rotatable bonds is 53. The Hall–Kier alpha value is -0.930. The van der Waals surface area contributed by atoms with E-state index in [1.807, 2.05) is 0 Å². The lowest BCUT2D eigenvalue weighted by Crippen LogP contribution is -2.15. The number of ether oxygens (including phenoxy) is 11. The second kappa shape index (κ2) is 54.1. The van der Waals surface area contributed by atoms with E-state index in [4.69, 9.17) is 52.1 Å². The van der Waals surface area contributed by atoms with Crippen molar-refractivity contribution in [2.75, 3.05) is 139 Å². The van der Waals surface area contributed by atoms with Gasteiger partial charge in [0.2, 0.25) is 0 Å². The van der Waals surface area contributed by atoms with Crippen LogP contribution in [0.4, 0.5) is 0 Å². The van der Waals surface area contributed by atoms with E-state index in [-0.39, 0.29) is 12.6 Å². The normalized spacial score (nSPS) is 11.6. The summed E-state index contributed by atoms with van der Waals surface area (Å²) in [6.45, 7) is 15.4. The number of carbonyl (C=O) groups excluding carboxylic acids is 1. The SMILES string of the molecule is CCCCCCCCCCCCCCCCCCOCCOCCOCCOCCOCCOCCOCCOCCOCCOCCOC(=O)CCCCCCC. The van der Waals surface area contributed by atoms with E-state index in [0.717, 1.165) is 25.9 Å². The van der Waals surface area contributed by atoms with Crippen LogP contribution in [0.25, 0.3) is 0 Å². The van der Waals surface area contributed by atoms with E-state index >= 15 is 0 Å². The molecule has 0 amide bonds. The Morgan fingerprint density at radius 3 is 0.724 bits per heavy atom. The van der Waals surface area contributed by atoms with Gasteiger partial charge in [0.15, 0.2) is 0 Å². The van der Waals surface area contributed by atoms with Crippen molar-refractivity contribution in [3.63, 3.8) is 0 Å². The van der Waals surface area contributed by atoms with E-state index in [1.54, 1.807) is 0 Å². The van der Waals surface area contributed by atoms with Crippen molar-refractivity contribution in [1.29, 1.82) is 0 Å².